The average Bonchev–Trinajstić information content (AvgIpc) is 2.76. The van der Waals surface area contributed by atoms with Gasteiger partial charge in [0.25, 0.3) is 5.91 Å². The van der Waals surface area contributed by atoms with E-state index in [1.807, 2.05) is 41.5 Å². The van der Waals surface area contributed by atoms with E-state index in [-0.39, 0.29) is 16.9 Å². The monoisotopic (exact) mass is 403 g/mol. The number of fused-ring (bicyclic) bond motifs is 1. The van der Waals surface area contributed by atoms with Crippen molar-refractivity contribution in [2.75, 3.05) is 31.1 Å². The van der Waals surface area contributed by atoms with E-state index in [2.05, 4.69) is 36.9 Å². The molecule has 1 amide bonds. The molecule has 0 unspecified atom stereocenters. The van der Waals surface area contributed by atoms with E-state index in [1.165, 1.54) is 16.8 Å². The first-order valence-electron chi connectivity index (χ1n) is 10.6. The molecule has 1 aromatic heterocycles. The number of hydrogen-bond acceptors (Lipinski definition) is 3. The number of aryl methyl sites for hydroxylation is 3. The van der Waals surface area contributed by atoms with Gasteiger partial charge in [0.2, 0.25) is 5.43 Å². The van der Waals surface area contributed by atoms with E-state index in [4.69, 9.17) is 0 Å². The fourth-order valence-electron chi connectivity index (χ4n) is 4.32. The van der Waals surface area contributed by atoms with Crippen LogP contribution in [0.3, 0.4) is 0 Å². The summed E-state index contributed by atoms with van der Waals surface area (Å²) in [4.78, 5) is 30.6. The third-order valence-electron chi connectivity index (χ3n) is 6.29. The van der Waals surface area contributed by atoms with E-state index in [9.17, 15) is 9.59 Å². The highest BCUT2D eigenvalue weighted by Gasteiger charge is 2.26. The Morgan fingerprint density at radius 1 is 1.00 bits per heavy atom. The molecule has 2 aromatic carbocycles. The van der Waals surface area contributed by atoms with Gasteiger partial charge < -0.3 is 14.4 Å². The maximum atomic E-state index is 13.3. The van der Waals surface area contributed by atoms with Crippen LogP contribution in [0, 0.1) is 20.8 Å². The molecule has 0 atom stereocenters. The lowest BCUT2D eigenvalue weighted by Crippen LogP contribution is -2.49. The third kappa shape index (κ3) is 3.49. The summed E-state index contributed by atoms with van der Waals surface area (Å²) in [6, 6.07) is 12.2. The van der Waals surface area contributed by atoms with Gasteiger partial charge in [-0.05, 0) is 57.0 Å². The van der Waals surface area contributed by atoms with Crippen molar-refractivity contribution in [3.8, 4) is 0 Å². The van der Waals surface area contributed by atoms with Crippen LogP contribution in [0.15, 0.2) is 47.4 Å². The fraction of sp³-hybridized carbons (Fsp3) is 0.360. The molecule has 1 aliphatic heterocycles. The van der Waals surface area contributed by atoms with Crippen LogP contribution < -0.4 is 10.3 Å². The normalized spacial score (nSPS) is 14.4. The molecule has 30 heavy (non-hydrogen) atoms. The SMILES string of the molecule is CCn1cc(C(=O)N2CCN(c3cccc(C)c3C)CC2)c(=O)c2cc(C)ccc21. The van der Waals surface area contributed by atoms with E-state index in [0.717, 1.165) is 24.2 Å². The van der Waals surface area contributed by atoms with Crippen molar-refractivity contribution in [1.82, 2.24) is 9.47 Å². The molecule has 3 aromatic rings. The van der Waals surface area contributed by atoms with Crippen LogP contribution in [0.4, 0.5) is 5.69 Å². The lowest BCUT2D eigenvalue weighted by Gasteiger charge is -2.37. The van der Waals surface area contributed by atoms with Crippen molar-refractivity contribution < 1.29 is 4.79 Å². The van der Waals surface area contributed by atoms with Gasteiger partial charge in [0.1, 0.15) is 5.56 Å². The zero-order valence-electron chi connectivity index (χ0n) is 18.2. The molecule has 4 rings (SSSR count). The van der Waals surface area contributed by atoms with Crippen LogP contribution in [0.2, 0.25) is 0 Å². The van der Waals surface area contributed by atoms with E-state index >= 15 is 0 Å². The maximum Gasteiger partial charge on any atom is 0.259 e. The number of pyridine rings is 1. The molecule has 5 nitrogen and oxygen atoms in total. The third-order valence-corrected chi connectivity index (χ3v) is 6.29. The van der Waals surface area contributed by atoms with Gasteiger partial charge in [0, 0.05) is 50.0 Å². The number of hydrogen-bond donors (Lipinski definition) is 0. The van der Waals surface area contributed by atoms with Crippen molar-refractivity contribution in [2.45, 2.75) is 34.2 Å². The van der Waals surface area contributed by atoms with Crippen molar-refractivity contribution in [1.29, 1.82) is 0 Å². The van der Waals surface area contributed by atoms with Gasteiger partial charge in [-0.3, -0.25) is 9.59 Å². The van der Waals surface area contributed by atoms with Crippen molar-refractivity contribution in [3.63, 3.8) is 0 Å². The van der Waals surface area contributed by atoms with Gasteiger partial charge in [-0.25, -0.2) is 0 Å². The summed E-state index contributed by atoms with van der Waals surface area (Å²) >= 11 is 0. The van der Waals surface area contributed by atoms with Crippen LogP contribution in [-0.2, 0) is 6.54 Å². The molecule has 1 aliphatic rings. The second-order valence-corrected chi connectivity index (χ2v) is 8.18. The van der Waals surface area contributed by atoms with Crippen molar-refractivity contribution >= 4 is 22.5 Å². The number of nitrogens with zero attached hydrogens (tertiary/aromatic N) is 3. The van der Waals surface area contributed by atoms with Crippen LogP contribution >= 0.6 is 0 Å². The van der Waals surface area contributed by atoms with Crippen LogP contribution in [0.1, 0.15) is 34.0 Å². The number of carbonyl (C=O) groups excluding carboxylic acids is 1. The smallest absolute Gasteiger partial charge is 0.259 e. The number of carbonyl (C=O) groups is 1. The lowest BCUT2D eigenvalue weighted by molar-refractivity contribution is 0.0745. The van der Waals surface area contributed by atoms with E-state index in [1.54, 1.807) is 6.20 Å². The molecule has 156 valence electrons. The van der Waals surface area contributed by atoms with Gasteiger partial charge in [0.15, 0.2) is 0 Å². The first-order valence-corrected chi connectivity index (χ1v) is 10.6. The Hall–Kier alpha value is -3.08. The summed E-state index contributed by atoms with van der Waals surface area (Å²) in [5.41, 5.74) is 5.80. The predicted molar refractivity (Wildman–Crippen MR) is 123 cm³/mol. The summed E-state index contributed by atoms with van der Waals surface area (Å²) in [6.45, 7) is 11.7. The minimum atomic E-state index is -0.166. The summed E-state index contributed by atoms with van der Waals surface area (Å²) in [5, 5.41) is 0.622. The van der Waals surface area contributed by atoms with Gasteiger partial charge in [-0.15, -0.1) is 0 Å². The minimum Gasteiger partial charge on any atom is -0.368 e. The molecule has 0 radical (unpaired) electrons. The molecule has 5 heteroatoms. The lowest BCUT2D eigenvalue weighted by atomic mass is 10.1. The number of benzene rings is 2. The Kier molecular flexibility index (Phi) is 5.37. The topological polar surface area (TPSA) is 45.6 Å². The molecule has 1 fully saturated rings. The Labute approximate surface area is 177 Å². The van der Waals surface area contributed by atoms with E-state index in [0.29, 0.717) is 25.0 Å². The zero-order valence-corrected chi connectivity index (χ0v) is 18.2. The van der Waals surface area contributed by atoms with Crippen LogP contribution in [0.25, 0.3) is 10.9 Å². The summed E-state index contributed by atoms with van der Waals surface area (Å²) in [7, 11) is 0. The van der Waals surface area contributed by atoms with Gasteiger partial charge >= 0.3 is 0 Å². The van der Waals surface area contributed by atoms with Gasteiger partial charge in [-0.1, -0.05) is 23.8 Å². The highest BCUT2D eigenvalue weighted by Crippen LogP contribution is 2.24. The molecule has 0 spiro atoms. The van der Waals surface area contributed by atoms with Crippen LogP contribution in [-0.4, -0.2) is 41.6 Å². The number of piperazine rings is 1. The van der Waals surface area contributed by atoms with Gasteiger partial charge in [-0.2, -0.15) is 0 Å². The molecule has 0 aliphatic carbocycles. The summed E-state index contributed by atoms with van der Waals surface area (Å²) in [6.07, 6.45) is 1.74. The molecular formula is C25H29N3O2. The Morgan fingerprint density at radius 2 is 1.73 bits per heavy atom. The zero-order chi connectivity index (χ0) is 21.4. The Bertz CT molecular complexity index is 1170. The second kappa shape index (κ2) is 7.98. The number of anilines is 1. The quantitative estimate of drug-likeness (QED) is 0.666. The molecule has 0 N–H and O–H groups in total. The highest BCUT2D eigenvalue weighted by molar-refractivity contribution is 5.97. The summed E-state index contributed by atoms with van der Waals surface area (Å²) in [5.74, 6) is -0.161. The maximum absolute atomic E-state index is 13.3. The predicted octanol–water partition coefficient (Wildman–Crippen LogP) is 3.91. The average molecular weight is 404 g/mol. The second-order valence-electron chi connectivity index (χ2n) is 8.18. The van der Waals surface area contributed by atoms with Crippen molar-refractivity contribution in [3.05, 3.63) is 75.1 Å². The fourth-order valence-corrected chi connectivity index (χ4v) is 4.32. The molecule has 0 bridgehead atoms. The summed E-state index contributed by atoms with van der Waals surface area (Å²) < 4.78 is 2.00. The Morgan fingerprint density at radius 3 is 2.43 bits per heavy atom. The highest BCUT2D eigenvalue weighted by atomic mass is 16.2. The minimum absolute atomic E-state index is 0.161. The number of amides is 1. The largest absolute Gasteiger partial charge is 0.368 e. The van der Waals surface area contributed by atoms with Crippen LogP contribution in [0.5, 0.6) is 0 Å². The number of aromatic nitrogens is 1. The van der Waals surface area contributed by atoms with Crippen molar-refractivity contribution in [2.24, 2.45) is 0 Å². The first-order chi connectivity index (χ1) is 14.4. The molecule has 2 heterocycles. The van der Waals surface area contributed by atoms with E-state index < -0.39 is 0 Å². The first kappa shape index (κ1) is 20.2. The molecule has 1 saturated heterocycles. The Balaban J connectivity index is 1.60. The standard InChI is InChI=1S/C25H29N3O2/c1-5-26-16-21(24(29)20-15-17(2)9-10-23(20)26)25(30)28-13-11-27(12-14-28)22-8-6-7-18(3)19(22)4/h6-10,15-16H,5,11-14H2,1-4H3. The molecular weight excluding hydrogens is 374 g/mol. The van der Waals surface area contributed by atoms with Gasteiger partial charge in [0.05, 0.1) is 5.52 Å². The number of rotatable bonds is 3. The molecule has 0 saturated carbocycles.